The Labute approximate surface area is 216 Å². The first-order valence-corrected chi connectivity index (χ1v) is 14.1. The van der Waals surface area contributed by atoms with E-state index < -0.39 is 11.2 Å². The second kappa shape index (κ2) is 15.1. The zero-order valence-electron chi connectivity index (χ0n) is 23.0. The van der Waals surface area contributed by atoms with Gasteiger partial charge in [-0.3, -0.25) is 0 Å². The molecular formula is C34H50O. The molecule has 2 rings (SSSR count). The molecule has 4 atom stereocenters. The maximum atomic E-state index is 7.60. The van der Waals surface area contributed by atoms with Crippen LogP contribution in [-0.4, -0.2) is 11.2 Å². The molecule has 1 heteroatoms. The van der Waals surface area contributed by atoms with Gasteiger partial charge in [-0.2, -0.15) is 0 Å². The maximum absolute atomic E-state index is 7.60. The topological polar surface area (TPSA) is 9.23 Å². The molecule has 0 N–H and O–H groups in total. The first-order valence-electron chi connectivity index (χ1n) is 14.1. The van der Waals surface area contributed by atoms with Crippen molar-refractivity contribution in [1.29, 1.82) is 0 Å². The van der Waals surface area contributed by atoms with Gasteiger partial charge in [-0.05, 0) is 35.8 Å². The lowest BCUT2D eigenvalue weighted by Crippen LogP contribution is -2.53. The summed E-state index contributed by atoms with van der Waals surface area (Å²) < 4.78 is 7.60. The molecule has 0 aliphatic heterocycles. The van der Waals surface area contributed by atoms with Crippen LogP contribution < -0.4 is 0 Å². The number of benzene rings is 2. The average Bonchev–Trinajstić information content (AvgIpc) is 2.90. The zero-order chi connectivity index (χ0) is 25.6. The lowest BCUT2D eigenvalue weighted by Gasteiger charge is -2.49. The van der Waals surface area contributed by atoms with E-state index in [0.29, 0.717) is 11.8 Å². The average molecular weight is 475 g/mol. The van der Waals surface area contributed by atoms with E-state index in [2.05, 4.69) is 114 Å². The van der Waals surface area contributed by atoms with Gasteiger partial charge < -0.3 is 4.74 Å². The van der Waals surface area contributed by atoms with Crippen molar-refractivity contribution in [2.24, 2.45) is 11.8 Å². The second-order valence-electron chi connectivity index (χ2n) is 10.2. The van der Waals surface area contributed by atoms with E-state index in [4.69, 9.17) is 4.74 Å². The number of hydrogen-bond donors (Lipinski definition) is 0. The van der Waals surface area contributed by atoms with Crippen LogP contribution in [-0.2, 0) is 17.6 Å². The van der Waals surface area contributed by atoms with Gasteiger partial charge in [0.15, 0.2) is 0 Å². The normalized spacial score (nSPS) is 16.6. The lowest BCUT2D eigenvalue weighted by atomic mass is 9.73. The molecule has 0 amide bonds. The van der Waals surface area contributed by atoms with E-state index in [1.807, 2.05) is 0 Å². The van der Waals surface area contributed by atoms with Crippen LogP contribution in [0.25, 0.3) is 0 Å². The summed E-state index contributed by atoms with van der Waals surface area (Å²) in [4.78, 5) is 0. The summed E-state index contributed by atoms with van der Waals surface area (Å²) in [6, 6.07) is 21.7. The van der Waals surface area contributed by atoms with Gasteiger partial charge in [-0.25, -0.2) is 0 Å². The summed E-state index contributed by atoms with van der Waals surface area (Å²) in [5.41, 5.74) is 1.71. The van der Waals surface area contributed by atoms with Crippen molar-refractivity contribution in [1.82, 2.24) is 0 Å². The first-order chi connectivity index (χ1) is 17.0. The Hall–Kier alpha value is -2.12. The number of rotatable bonds is 18. The largest absolute Gasteiger partial charge is 0.359 e. The van der Waals surface area contributed by atoms with E-state index in [1.54, 1.807) is 0 Å². The summed E-state index contributed by atoms with van der Waals surface area (Å²) in [7, 11) is 0. The Balaban J connectivity index is 2.62. The van der Waals surface area contributed by atoms with Crippen LogP contribution in [0.4, 0.5) is 0 Å². The number of hydrogen-bond acceptors (Lipinski definition) is 1. The molecule has 0 saturated heterocycles. The van der Waals surface area contributed by atoms with Crippen molar-refractivity contribution in [3.8, 4) is 0 Å². The number of ether oxygens (including phenoxy) is 1. The summed E-state index contributed by atoms with van der Waals surface area (Å²) in [6.07, 6.45) is 15.2. The maximum Gasteiger partial charge on any atom is 0.0940 e. The summed E-state index contributed by atoms with van der Waals surface area (Å²) in [5, 5.41) is 0. The van der Waals surface area contributed by atoms with Gasteiger partial charge in [0.25, 0.3) is 0 Å². The molecule has 192 valence electrons. The molecule has 4 unspecified atom stereocenters. The molecule has 2 aromatic carbocycles. The standard InChI is InChI=1S/C34H50O/c1-7-13-25-31(9-3)33(11-5,27-29-21-17-15-18-22-29)35-34(12-6,32(10-4)26-14-8-2)28-30-23-19-16-20-24-30/h11-12,15-24,31-32H,5-10,13-14,25-28H2,1-4H3. The van der Waals surface area contributed by atoms with Gasteiger partial charge in [0, 0.05) is 12.8 Å². The van der Waals surface area contributed by atoms with Crippen LogP contribution in [0.1, 0.15) is 90.2 Å². The second-order valence-corrected chi connectivity index (χ2v) is 10.2. The van der Waals surface area contributed by atoms with Crippen molar-refractivity contribution >= 4 is 0 Å². The molecule has 35 heavy (non-hydrogen) atoms. The highest BCUT2D eigenvalue weighted by Gasteiger charge is 2.46. The third-order valence-corrected chi connectivity index (χ3v) is 7.90. The minimum absolute atomic E-state index is 0.402. The fourth-order valence-corrected chi connectivity index (χ4v) is 5.76. The third kappa shape index (κ3) is 7.94. The molecule has 0 radical (unpaired) electrons. The van der Waals surface area contributed by atoms with Crippen LogP contribution in [0.3, 0.4) is 0 Å². The monoisotopic (exact) mass is 474 g/mol. The quantitative estimate of drug-likeness (QED) is 0.195. The van der Waals surface area contributed by atoms with Crippen molar-refractivity contribution in [3.05, 3.63) is 97.1 Å². The molecule has 0 bridgehead atoms. The van der Waals surface area contributed by atoms with Gasteiger partial charge in [0.2, 0.25) is 0 Å². The smallest absolute Gasteiger partial charge is 0.0940 e. The summed E-state index contributed by atoms with van der Waals surface area (Å²) in [5.74, 6) is 0.804. The molecule has 1 nitrogen and oxygen atoms in total. The van der Waals surface area contributed by atoms with E-state index in [-0.39, 0.29) is 0 Å². The van der Waals surface area contributed by atoms with E-state index in [0.717, 1.165) is 38.5 Å². The first kappa shape index (κ1) is 29.1. The highest BCUT2D eigenvalue weighted by atomic mass is 16.5. The fraction of sp³-hybridized carbons (Fsp3) is 0.529. The molecule has 0 heterocycles. The Kier molecular flexibility index (Phi) is 12.6. The van der Waals surface area contributed by atoms with Crippen LogP contribution in [0.5, 0.6) is 0 Å². The van der Waals surface area contributed by atoms with Gasteiger partial charge >= 0.3 is 0 Å². The Morgan fingerprint density at radius 1 is 0.657 bits per heavy atom. The van der Waals surface area contributed by atoms with Crippen molar-refractivity contribution in [3.63, 3.8) is 0 Å². The fourth-order valence-electron chi connectivity index (χ4n) is 5.76. The lowest BCUT2D eigenvalue weighted by molar-refractivity contribution is -0.162. The predicted octanol–water partition coefficient (Wildman–Crippen LogP) is 9.77. The molecule has 0 saturated carbocycles. The van der Waals surface area contributed by atoms with Crippen LogP contribution in [0, 0.1) is 11.8 Å². The van der Waals surface area contributed by atoms with E-state index in [9.17, 15) is 0 Å². The molecule has 0 aliphatic rings. The van der Waals surface area contributed by atoms with Gasteiger partial charge in [0.1, 0.15) is 0 Å². The predicted molar refractivity (Wildman–Crippen MR) is 154 cm³/mol. The van der Waals surface area contributed by atoms with Gasteiger partial charge in [0.05, 0.1) is 11.2 Å². The number of unbranched alkanes of at least 4 members (excludes halogenated alkanes) is 2. The Bertz CT molecular complexity index is 770. The highest BCUT2D eigenvalue weighted by molar-refractivity contribution is 5.24. The van der Waals surface area contributed by atoms with Crippen LogP contribution in [0.15, 0.2) is 86.0 Å². The SMILES string of the molecule is C=CC(Cc1ccccc1)(OC(C=C)(Cc1ccccc1)C(CC)CCCC)C(CC)CCCC. The van der Waals surface area contributed by atoms with Gasteiger partial charge in [-0.1, -0.05) is 139 Å². The zero-order valence-corrected chi connectivity index (χ0v) is 23.0. The van der Waals surface area contributed by atoms with Crippen LogP contribution in [0.2, 0.25) is 0 Å². The highest BCUT2D eigenvalue weighted by Crippen LogP contribution is 2.43. The molecule has 0 aromatic heterocycles. The molecular weight excluding hydrogens is 424 g/mol. The van der Waals surface area contributed by atoms with Crippen molar-refractivity contribution in [2.45, 2.75) is 103 Å². The van der Waals surface area contributed by atoms with Crippen molar-refractivity contribution < 1.29 is 4.74 Å². The molecule has 2 aromatic rings. The summed E-state index contributed by atoms with van der Waals surface area (Å²) in [6.45, 7) is 18.0. The third-order valence-electron chi connectivity index (χ3n) is 7.90. The molecule has 0 spiro atoms. The minimum Gasteiger partial charge on any atom is -0.359 e. The Morgan fingerprint density at radius 3 is 1.31 bits per heavy atom. The van der Waals surface area contributed by atoms with E-state index >= 15 is 0 Å². The van der Waals surface area contributed by atoms with E-state index in [1.165, 1.54) is 36.8 Å². The van der Waals surface area contributed by atoms with Crippen LogP contribution >= 0.6 is 0 Å². The molecule has 0 fully saturated rings. The van der Waals surface area contributed by atoms with Crippen molar-refractivity contribution in [2.75, 3.05) is 0 Å². The summed E-state index contributed by atoms with van der Waals surface area (Å²) >= 11 is 0. The Morgan fingerprint density at radius 2 is 1.03 bits per heavy atom. The molecule has 0 aliphatic carbocycles. The minimum atomic E-state index is -0.451. The van der Waals surface area contributed by atoms with Gasteiger partial charge in [-0.15, -0.1) is 13.2 Å².